The number of benzene rings is 1. The summed E-state index contributed by atoms with van der Waals surface area (Å²) in [4.78, 5) is 21.3. The molecule has 0 aliphatic heterocycles. The first-order valence-electron chi connectivity index (χ1n) is 2.97. The molecule has 10 heavy (non-hydrogen) atoms. The van der Waals surface area contributed by atoms with Gasteiger partial charge in [-0.05, 0) is 23.8 Å². The van der Waals surface area contributed by atoms with E-state index in [1.807, 2.05) is 0 Å². The molecule has 2 rings (SSSR count). The average Bonchev–Trinajstić information content (AvgIpc) is 1.92. The van der Waals surface area contributed by atoms with Crippen molar-refractivity contribution < 1.29 is 0 Å². The van der Waals surface area contributed by atoms with Gasteiger partial charge >= 0.3 is 0 Å². The Bertz CT molecular complexity index is 398. The molecule has 0 N–H and O–H groups in total. The van der Waals surface area contributed by atoms with E-state index in [1.54, 1.807) is 6.07 Å². The molecule has 0 radical (unpaired) electrons. The summed E-state index contributed by atoms with van der Waals surface area (Å²) in [6.07, 6.45) is 0. The number of hydrogen-bond donors (Lipinski definition) is 0. The van der Waals surface area contributed by atoms with Gasteiger partial charge in [0.05, 0.1) is 0 Å². The van der Waals surface area contributed by atoms with Crippen molar-refractivity contribution >= 4 is 0 Å². The van der Waals surface area contributed by atoms with E-state index >= 15 is 0 Å². The lowest BCUT2D eigenvalue weighted by Gasteiger charge is -2.03. The summed E-state index contributed by atoms with van der Waals surface area (Å²) in [5.41, 5.74) is 1.31. The zero-order valence-corrected chi connectivity index (χ0v) is 5.13. The minimum atomic E-state index is -0.0970. The fourth-order valence-electron chi connectivity index (χ4n) is 1.02. The number of hydrogen-bond acceptors (Lipinski definition) is 2. The Kier molecular flexibility index (Phi) is 0.822. The SMILES string of the molecule is O=c1ccc2cc(=O)c-2c1. The minimum absolute atomic E-state index is 0.0345. The summed E-state index contributed by atoms with van der Waals surface area (Å²) in [5.74, 6) is 0. The van der Waals surface area contributed by atoms with Gasteiger partial charge in [-0.25, -0.2) is 0 Å². The van der Waals surface area contributed by atoms with Crippen LogP contribution >= 0.6 is 0 Å². The fraction of sp³-hybridized carbons (Fsp3) is 0. The Morgan fingerprint density at radius 1 is 1.00 bits per heavy atom. The van der Waals surface area contributed by atoms with Gasteiger partial charge in [0.15, 0.2) is 10.9 Å². The van der Waals surface area contributed by atoms with Gasteiger partial charge in [-0.3, -0.25) is 9.59 Å². The largest absolute Gasteiger partial charge is 0.290 e. The summed E-state index contributed by atoms with van der Waals surface area (Å²) in [7, 11) is 0. The molecule has 2 heteroatoms. The van der Waals surface area contributed by atoms with Gasteiger partial charge in [0.2, 0.25) is 0 Å². The Hall–Kier alpha value is -1.44. The molecule has 0 heterocycles. The van der Waals surface area contributed by atoms with Crippen LogP contribution in [-0.4, -0.2) is 0 Å². The standard InChI is InChI=1S/C8H4O2/c9-6-2-1-5-3-8(10)7(5)4-6/h1-4H. The topological polar surface area (TPSA) is 34.1 Å². The predicted octanol–water partition coefficient (Wildman–Crippen LogP) is 0.387. The van der Waals surface area contributed by atoms with E-state index in [4.69, 9.17) is 0 Å². The van der Waals surface area contributed by atoms with Crippen LogP contribution in [0.15, 0.2) is 33.9 Å². The highest BCUT2D eigenvalue weighted by Crippen LogP contribution is 2.15. The molecular weight excluding hydrogens is 128 g/mol. The molecule has 48 valence electrons. The Morgan fingerprint density at radius 3 is 2.40 bits per heavy atom. The number of rotatable bonds is 0. The van der Waals surface area contributed by atoms with Crippen LogP contribution < -0.4 is 10.9 Å². The van der Waals surface area contributed by atoms with Crippen molar-refractivity contribution in [3.63, 3.8) is 0 Å². The van der Waals surface area contributed by atoms with Crippen LogP contribution in [-0.2, 0) is 0 Å². The van der Waals surface area contributed by atoms with Crippen molar-refractivity contribution in [2.75, 3.05) is 0 Å². The van der Waals surface area contributed by atoms with Gasteiger partial charge in [0.25, 0.3) is 0 Å². The maximum Gasteiger partial charge on any atom is 0.187 e. The molecule has 0 amide bonds. The average molecular weight is 132 g/mol. The normalized spacial score (nSPS) is 10.8. The first kappa shape index (κ1) is 5.35. The molecule has 2 aliphatic carbocycles. The molecule has 0 saturated carbocycles. The third kappa shape index (κ3) is 0.530. The molecule has 2 aliphatic rings. The summed E-state index contributed by atoms with van der Waals surface area (Å²) in [6.45, 7) is 0. The highest BCUT2D eigenvalue weighted by molar-refractivity contribution is 5.69. The monoisotopic (exact) mass is 132 g/mol. The van der Waals surface area contributed by atoms with Gasteiger partial charge in [0, 0.05) is 5.56 Å². The van der Waals surface area contributed by atoms with Crippen molar-refractivity contribution in [3.8, 4) is 11.1 Å². The molecule has 2 nitrogen and oxygen atoms in total. The van der Waals surface area contributed by atoms with Gasteiger partial charge in [-0.1, -0.05) is 6.07 Å². The van der Waals surface area contributed by atoms with E-state index in [-0.39, 0.29) is 10.9 Å². The van der Waals surface area contributed by atoms with E-state index in [2.05, 4.69) is 0 Å². The maximum absolute atomic E-state index is 10.7. The second-order valence-corrected chi connectivity index (χ2v) is 2.26. The molecule has 0 aromatic rings. The minimum Gasteiger partial charge on any atom is -0.290 e. The van der Waals surface area contributed by atoms with Crippen molar-refractivity contribution in [2.24, 2.45) is 0 Å². The molecular formula is C8H4O2. The lowest BCUT2D eigenvalue weighted by Crippen LogP contribution is -2.14. The highest BCUT2D eigenvalue weighted by Gasteiger charge is 2.09. The summed E-state index contributed by atoms with van der Waals surface area (Å²) in [5, 5.41) is 0. The van der Waals surface area contributed by atoms with E-state index in [1.165, 1.54) is 18.2 Å². The smallest absolute Gasteiger partial charge is 0.187 e. The molecule has 0 fully saturated rings. The Balaban J connectivity index is 2.94. The quantitative estimate of drug-likeness (QED) is 0.519. The molecule has 0 aromatic carbocycles. The Labute approximate surface area is 56.8 Å². The molecule has 0 spiro atoms. The van der Waals surface area contributed by atoms with Crippen molar-refractivity contribution in [1.82, 2.24) is 0 Å². The zero-order chi connectivity index (χ0) is 7.14. The molecule has 0 atom stereocenters. The first-order chi connectivity index (χ1) is 4.77. The first-order valence-corrected chi connectivity index (χ1v) is 2.97. The second kappa shape index (κ2) is 1.53. The highest BCUT2D eigenvalue weighted by atomic mass is 16.1. The molecule has 0 saturated heterocycles. The summed E-state index contributed by atoms with van der Waals surface area (Å²) < 4.78 is 0. The van der Waals surface area contributed by atoms with Crippen molar-refractivity contribution in [1.29, 1.82) is 0 Å². The predicted molar refractivity (Wildman–Crippen MR) is 38.0 cm³/mol. The van der Waals surface area contributed by atoms with Crippen LogP contribution in [0.4, 0.5) is 0 Å². The van der Waals surface area contributed by atoms with E-state index < -0.39 is 0 Å². The number of fused-ring (bicyclic) bond motifs is 1. The van der Waals surface area contributed by atoms with Crippen LogP contribution in [0.1, 0.15) is 0 Å². The maximum atomic E-state index is 10.7. The summed E-state index contributed by atoms with van der Waals surface area (Å²) >= 11 is 0. The van der Waals surface area contributed by atoms with Crippen LogP contribution in [0.3, 0.4) is 0 Å². The van der Waals surface area contributed by atoms with Gasteiger partial charge in [-0.15, -0.1) is 0 Å². The van der Waals surface area contributed by atoms with Crippen LogP contribution in [0.5, 0.6) is 0 Å². The molecule has 0 unspecified atom stereocenters. The molecule has 0 bridgehead atoms. The lowest BCUT2D eigenvalue weighted by atomic mass is 9.98. The van der Waals surface area contributed by atoms with E-state index in [0.717, 1.165) is 5.56 Å². The Morgan fingerprint density at radius 2 is 1.80 bits per heavy atom. The van der Waals surface area contributed by atoms with Gasteiger partial charge in [0.1, 0.15) is 0 Å². The fourth-order valence-corrected chi connectivity index (χ4v) is 1.02. The van der Waals surface area contributed by atoms with E-state index in [9.17, 15) is 9.59 Å². The third-order valence-electron chi connectivity index (χ3n) is 1.58. The van der Waals surface area contributed by atoms with E-state index in [0.29, 0.717) is 5.56 Å². The van der Waals surface area contributed by atoms with Gasteiger partial charge in [-0.2, -0.15) is 0 Å². The second-order valence-electron chi connectivity index (χ2n) is 2.26. The third-order valence-corrected chi connectivity index (χ3v) is 1.58. The zero-order valence-electron chi connectivity index (χ0n) is 5.13. The van der Waals surface area contributed by atoms with Gasteiger partial charge < -0.3 is 0 Å². The lowest BCUT2D eigenvalue weighted by molar-refractivity contribution is 1.45. The summed E-state index contributed by atoms with van der Waals surface area (Å²) in [6, 6.07) is 6.02. The molecule has 0 aromatic heterocycles. The van der Waals surface area contributed by atoms with Crippen LogP contribution in [0.25, 0.3) is 11.1 Å². The van der Waals surface area contributed by atoms with Crippen LogP contribution in [0, 0.1) is 0 Å². The van der Waals surface area contributed by atoms with Crippen molar-refractivity contribution in [2.45, 2.75) is 0 Å². The van der Waals surface area contributed by atoms with Crippen LogP contribution in [0.2, 0.25) is 0 Å². The van der Waals surface area contributed by atoms with Crippen molar-refractivity contribution in [3.05, 3.63) is 44.7 Å².